The summed E-state index contributed by atoms with van der Waals surface area (Å²) in [4.78, 5) is 20.8. The van der Waals surface area contributed by atoms with Crippen LogP contribution in [0.3, 0.4) is 0 Å². The molecule has 0 atom stereocenters. The third-order valence-corrected chi connectivity index (χ3v) is 2.53. The lowest BCUT2D eigenvalue weighted by Crippen LogP contribution is -2.15. The van der Waals surface area contributed by atoms with Gasteiger partial charge in [0.15, 0.2) is 0 Å². The van der Waals surface area contributed by atoms with E-state index in [2.05, 4.69) is 9.97 Å². The maximum Gasteiger partial charge on any atom is 0.338 e. The highest BCUT2D eigenvalue weighted by Gasteiger charge is 2.15. The van der Waals surface area contributed by atoms with E-state index < -0.39 is 5.97 Å². The van der Waals surface area contributed by atoms with Crippen LogP contribution >= 0.6 is 0 Å². The fourth-order valence-corrected chi connectivity index (χ4v) is 1.59. The fourth-order valence-electron chi connectivity index (χ4n) is 1.59. The first kappa shape index (κ1) is 11.8. The Bertz CT molecular complexity index is 572. The first-order valence-electron chi connectivity index (χ1n) is 5.22. The molecule has 92 valence electrons. The van der Waals surface area contributed by atoms with E-state index in [0.29, 0.717) is 5.69 Å². The molecule has 6 nitrogen and oxygen atoms in total. The Hall–Kier alpha value is -2.63. The van der Waals surface area contributed by atoms with Gasteiger partial charge >= 0.3 is 5.97 Å². The average Bonchev–Trinajstić information content (AvgIpc) is 2.39. The quantitative estimate of drug-likeness (QED) is 0.850. The molecule has 18 heavy (non-hydrogen) atoms. The standard InChI is InChI=1S/C12H12N4O2/c1-16(8-3-2-4-14-6-8)10-7-15-11(13)5-9(10)12(17)18/h2-7H,1H3,(H2,13,15)(H,17,18). The highest BCUT2D eigenvalue weighted by Crippen LogP contribution is 2.26. The number of pyridine rings is 2. The van der Waals surface area contributed by atoms with Crippen LogP contribution in [0, 0.1) is 0 Å². The normalized spacial score (nSPS) is 10.1. The summed E-state index contributed by atoms with van der Waals surface area (Å²) < 4.78 is 0. The van der Waals surface area contributed by atoms with E-state index in [1.165, 1.54) is 12.3 Å². The van der Waals surface area contributed by atoms with Gasteiger partial charge in [0.25, 0.3) is 0 Å². The summed E-state index contributed by atoms with van der Waals surface area (Å²) >= 11 is 0. The molecule has 0 fully saturated rings. The number of nitrogens with two attached hydrogens (primary N) is 1. The number of carboxylic acid groups (broad SMARTS) is 1. The molecule has 2 aromatic rings. The molecule has 0 aromatic carbocycles. The van der Waals surface area contributed by atoms with Crippen LogP contribution in [-0.4, -0.2) is 28.1 Å². The topological polar surface area (TPSA) is 92.3 Å². The monoisotopic (exact) mass is 244 g/mol. The molecule has 2 rings (SSSR count). The Morgan fingerprint density at radius 1 is 1.44 bits per heavy atom. The number of aromatic carboxylic acids is 1. The molecule has 0 aliphatic rings. The Kier molecular flexibility index (Phi) is 3.09. The predicted octanol–water partition coefficient (Wildman–Crippen LogP) is 1.52. The van der Waals surface area contributed by atoms with Gasteiger partial charge in [-0.15, -0.1) is 0 Å². The molecular weight excluding hydrogens is 232 g/mol. The number of hydrogen-bond donors (Lipinski definition) is 2. The zero-order chi connectivity index (χ0) is 13.1. The van der Waals surface area contributed by atoms with Gasteiger partial charge in [-0.3, -0.25) is 4.98 Å². The van der Waals surface area contributed by atoms with Crippen molar-refractivity contribution in [1.29, 1.82) is 0 Å². The minimum Gasteiger partial charge on any atom is -0.478 e. The van der Waals surface area contributed by atoms with E-state index in [9.17, 15) is 4.79 Å². The minimum absolute atomic E-state index is 0.105. The van der Waals surface area contributed by atoms with Crippen molar-refractivity contribution in [2.75, 3.05) is 17.7 Å². The van der Waals surface area contributed by atoms with Gasteiger partial charge in [0.1, 0.15) is 5.82 Å². The molecule has 0 unspecified atom stereocenters. The molecule has 0 saturated carbocycles. The van der Waals surface area contributed by atoms with Crippen molar-refractivity contribution < 1.29 is 9.90 Å². The lowest BCUT2D eigenvalue weighted by Gasteiger charge is -2.20. The van der Waals surface area contributed by atoms with Crippen LogP contribution in [0.4, 0.5) is 17.2 Å². The van der Waals surface area contributed by atoms with Crippen molar-refractivity contribution in [2.45, 2.75) is 0 Å². The largest absolute Gasteiger partial charge is 0.478 e. The number of carbonyl (C=O) groups is 1. The molecule has 2 heterocycles. The number of anilines is 3. The zero-order valence-electron chi connectivity index (χ0n) is 9.74. The first-order valence-corrected chi connectivity index (χ1v) is 5.22. The van der Waals surface area contributed by atoms with E-state index >= 15 is 0 Å². The Labute approximate surface area is 104 Å². The average molecular weight is 244 g/mol. The van der Waals surface area contributed by atoms with Gasteiger partial charge in [-0.05, 0) is 18.2 Å². The molecule has 0 bridgehead atoms. The molecule has 0 spiro atoms. The SMILES string of the molecule is CN(c1cccnc1)c1cnc(N)cc1C(=O)O. The molecular formula is C12H12N4O2. The van der Waals surface area contributed by atoms with Crippen LogP contribution in [0.5, 0.6) is 0 Å². The highest BCUT2D eigenvalue weighted by molar-refractivity contribution is 5.96. The van der Waals surface area contributed by atoms with Gasteiger partial charge < -0.3 is 15.7 Å². The van der Waals surface area contributed by atoms with Gasteiger partial charge in [0, 0.05) is 13.2 Å². The maximum atomic E-state index is 11.2. The smallest absolute Gasteiger partial charge is 0.338 e. The Balaban J connectivity index is 2.48. The first-order chi connectivity index (χ1) is 8.59. The van der Waals surface area contributed by atoms with Crippen molar-refractivity contribution >= 4 is 23.2 Å². The molecule has 3 N–H and O–H groups in total. The second-order valence-corrected chi connectivity index (χ2v) is 3.70. The summed E-state index contributed by atoms with van der Waals surface area (Å²) in [6, 6.07) is 4.94. The second kappa shape index (κ2) is 4.70. The molecule has 0 aliphatic heterocycles. The van der Waals surface area contributed by atoms with Gasteiger partial charge in [0.2, 0.25) is 0 Å². The van der Waals surface area contributed by atoms with Crippen LogP contribution in [-0.2, 0) is 0 Å². The Morgan fingerprint density at radius 3 is 2.83 bits per heavy atom. The van der Waals surface area contributed by atoms with Gasteiger partial charge in [-0.1, -0.05) is 0 Å². The van der Waals surface area contributed by atoms with E-state index in [-0.39, 0.29) is 11.4 Å². The lowest BCUT2D eigenvalue weighted by atomic mass is 10.2. The van der Waals surface area contributed by atoms with E-state index in [4.69, 9.17) is 10.8 Å². The highest BCUT2D eigenvalue weighted by atomic mass is 16.4. The van der Waals surface area contributed by atoms with Gasteiger partial charge in [0.05, 0.1) is 29.3 Å². The number of nitrogen functional groups attached to an aromatic ring is 1. The summed E-state index contributed by atoms with van der Waals surface area (Å²) in [6.07, 6.45) is 4.73. The second-order valence-electron chi connectivity index (χ2n) is 3.70. The van der Waals surface area contributed by atoms with Crippen LogP contribution in [0.1, 0.15) is 10.4 Å². The number of rotatable bonds is 3. The predicted molar refractivity (Wildman–Crippen MR) is 67.9 cm³/mol. The molecule has 2 aromatic heterocycles. The van der Waals surface area contributed by atoms with Gasteiger partial charge in [-0.25, -0.2) is 9.78 Å². The van der Waals surface area contributed by atoms with Crippen molar-refractivity contribution in [1.82, 2.24) is 9.97 Å². The van der Waals surface area contributed by atoms with Crippen LogP contribution in [0.25, 0.3) is 0 Å². The van der Waals surface area contributed by atoms with E-state index in [1.54, 1.807) is 30.4 Å². The number of nitrogens with zero attached hydrogens (tertiary/aromatic N) is 3. The summed E-state index contributed by atoms with van der Waals surface area (Å²) in [5.41, 5.74) is 6.84. The molecule has 0 aliphatic carbocycles. The third kappa shape index (κ3) is 2.22. The van der Waals surface area contributed by atoms with E-state index in [1.807, 2.05) is 6.07 Å². The van der Waals surface area contributed by atoms with Gasteiger partial charge in [-0.2, -0.15) is 0 Å². The molecule has 6 heteroatoms. The summed E-state index contributed by atoms with van der Waals surface area (Å²) in [7, 11) is 1.75. The summed E-state index contributed by atoms with van der Waals surface area (Å²) in [6.45, 7) is 0. The molecule has 0 saturated heterocycles. The van der Waals surface area contributed by atoms with Crippen molar-refractivity contribution in [3.8, 4) is 0 Å². The number of carboxylic acids is 1. The van der Waals surface area contributed by atoms with Crippen LogP contribution < -0.4 is 10.6 Å². The summed E-state index contributed by atoms with van der Waals surface area (Å²) in [5.74, 6) is -0.870. The van der Waals surface area contributed by atoms with Crippen molar-refractivity contribution in [2.24, 2.45) is 0 Å². The van der Waals surface area contributed by atoms with Crippen molar-refractivity contribution in [3.63, 3.8) is 0 Å². The lowest BCUT2D eigenvalue weighted by molar-refractivity contribution is 0.0697. The minimum atomic E-state index is -1.05. The molecule has 0 amide bonds. The third-order valence-electron chi connectivity index (χ3n) is 2.53. The molecule has 0 radical (unpaired) electrons. The van der Waals surface area contributed by atoms with Crippen LogP contribution in [0.2, 0.25) is 0 Å². The zero-order valence-corrected chi connectivity index (χ0v) is 9.74. The van der Waals surface area contributed by atoms with Crippen molar-refractivity contribution in [3.05, 3.63) is 42.4 Å². The number of hydrogen-bond acceptors (Lipinski definition) is 5. The Morgan fingerprint density at radius 2 is 2.22 bits per heavy atom. The van der Waals surface area contributed by atoms with Crippen LogP contribution in [0.15, 0.2) is 36.8 Å². The maximum absolute atomic E-state index is 11.2. The van der Waals surface area contributed by atoms with E-state index in [0.717, 1.165) is 5.69 Å². The fraction of sp³-hybridized carbons (Fsp3) is 0.0833. The summed E-state index contributed by atoms with van der Waals surface area (Å²) in [5, 5.41) is 9.16. The number of aromatic nitrogens is 2.